The predicted octanol–water partition coefficient (Wildman–Crippen LogP) is 4.53. The van der Waals surface area contributed by atoms with Crippen LogP contribution in [-0.2, 0) is 6.18 Å². The third kappa shape index (κ3) is 4.43. The van der Waals surface area contributed by atoms with Crippen molar-refractivity contribution >= 4 is 28.8 Å². The molecule has 3 heterocycles. The van der Waals surface area contributed by atoms with Gasteiger partial charge >= 0.3 is 6.18 Å². The molecule has 162 valence electrons. The summed E-state index contributed by atoms with van der Waals surface area (Å²) < 4.78 is 50.1. The van der Waals surface area contributed by atoms with Crippen LogP contribution in [0.5, 0.6) is 5.75 Å². The van der Waals surface area contributed by atoms with Crippen molar-refractivity contribution in [2.24, 2.45) is 0 Å². The second kappa shape index (κ2) is 8.33. The molecule has 0 saturated heterocycles. The quantitative estimate of drug-likeness (QED) is 0.410. The van der Waals surface area contributed by atoms with E-state index in [1.807, 2.05) is 0 Å². The first-order chi connectivity index (χ1) is 14.8. The Kier molecular flexibility index (Phi) is 5.73. The van der Waals surface area contributed by atoms with Crippen LogP contribution < -0.4 is 4.74 Å². The van der Waals surface area contributed by atoms with Gasteiger partial charge < -0.3 is 14.4 Å². The summed E-state index contributed by atoms with van der Waals surface area (Å²) >= 11 is 12.5. The zero-order valence-corrected chi connectivity index (χ0v) is 16.9. The summed E-state index contributed by atoms with van der Waals surface area (Å²) in [6.45, 7) is 0.237. The Labute approximate surface area is 182 Å². The number of rotatable bonds is 6. The third-order valence-electron chi connectivity index (χ3n) is 4.08. The van der Waals surface area contributed by atoms with Gasteiger partial charge in [-0.15, -0.1) is 0 Å². The highest BCUT2D eigenvalue weighted by molar-refractivity contribution is 6.36. The maximum Gasteiger partial charge on any atom is 0.435 e. The van der Waals surface area contributed by atoms with Crippen molar-refractivity contribution in [1.82, 2.24) is 24.7 Å². The van der Waals surface area contributed by atoms with Crippen LogP contribution in [0.1, 0.15) is 12.1 Å². The standard InChI is InChI=1S/C18H12Cl2F3N5O3/c19-10-7-13(30-5-1-4-29)11(20)6-9(10)16-25-17(31-27-16)12-8-28-15(24-12)3-2-14(26-28)18(21,22)23/h2-3,6-8,29H,1,4-5H2. The number of fused-ring (bicyclic) bond motifs is 1. The van der Waals surface area contributed by atoms with Crippen molar-refractivity contribution in [1.29, 1.82) is 0 Å². The van der Waals surface area contributed by atoms with E-state index >= 15 is 0 Å². The molecule has 0 radical (unpaired) electrons. The molecule has 0 aliphatic heterocycles. The molecule has 0 fully saturated rings. The molecule has 8 nitrogen and oxygen atoms in total. The first-order valence-corrected chi connectivity index (χ1v) is 9.52. The van der Waals surface area contributed by atoms with E-state index in [9.17, 15) is 13.2 Å². The number of nitrogens with zero attached hydrogens (tertiary/aromatic N) is 5. The summed E-state index contributed by atoms with van der Waals surface area (Å²) in [7, 11) is 0. The molecule has 0 atom stereocenters. The fourth-order valence-corrected chi connectivity index (χ4v) is 3.09. The van der Waals surface area contributed by atoms with Gasteiger partial charge in [-0.3, -0.25) is 0 Å². The summed E-state index contributed by atoms with van der Waals surface area (Å²) in [5.74, 6) is 0.397. The second-order valence-electron chi connectivity index (χ2n) is 6.26. The number of aromatic nitrogens is 5. The summed E-state index contributed by atoms with van der Waals surface area (Å²) in [6, 6.07) is 4.99. The van der Waals surface area contributed by atoms with E-state index in [-0.39, 0.29) is 46.3 Å². The van der Waals surface area contributed by atoms with Gasteiger partial charge in [-0.05, 0) is 18.2 Å². The van der Waals surface area contributed by atoms with Gasteiger partial charge in [0.2, 0.25) is 5.82 Å². The van der Waals surface area contributed by atoms with Crippen molar-refractivity contribution in [2.75, 3.05) is 13.2 Å². The van der Waals surface area contributed by atoms with Crippen LogP contribution in [0.3, 0.4) is 0 Å². The van der Waals surface area contributed by atoms with Gasteiger partial charge in [-0.2, -0.15) is 23.3 Å². The molecular formula is C18H12Cl2F3N5O3. The zero-order valence-electron chi connectivity index (χ0n) is 15.4. The van der Waals surface area contributed by atoms with Crippen LogP contribution in [0, 0.1) is 0 Å². The molecule has 3 aromatic heterocycles. The summed E-state index contributed by atoms with van der Waals surface area (Å²) in [6.07, 6.45) is -2.91. The fourth-order valence-electron chi connectivity index (χ4n) is 2.63. The highest BCUT2D eigenvalue weighted by Crippen LogP contribution is 2.36. The average Bonchev–Trinajstić information content (AvgIpc) is 3.36. The third-order valence-corrected chi connectivity index (χ3v) is 4.69. The van der Waals surface area contributed by atoms with E-state index in [1.165, 1.54) is 24.4 Å². The molecule has 0 aliphatic carbocycles. The normalized spacial score (nSPS) is 11.9. The minimum atomic E-state index is -4.58. The van der Waals surface area contributed by atoms with Gasteiger partial charge in [0.25, 0.3) is 5.89 Å². The average molecular weight is 474 g/mol. The lowest BCUT2D eigenvalue weighted by molar-refractivity contribution is -0.141. The lowest BCUT2D eigenvalue weighted by Crippen LogP contribution is -2.10. The van der Waals surface area contributed by atoms with Crippen LogP contribution in [0.25, 0.3) is 28.6 Å². The molecule has 4 rings (SSSR count). The number of imidazole rings is 1. The van der Waals surface area contributed by atoms with E-state index < -0.39 is 11.9 Å². The van der Waals surface area contributed by atoms with E-state index in [0.717, 1.165) is 10.6 Å². The number of halogens is 5. The molecule has 0 saturated carbocycles. The number of aliphatic hydroxyl groups is 1. The van der Waals surface area contributed by atoms with Crippen molar-refractivity contribution in [3.05, 3.63) is 46.2 Å². The minimum absolute atomic E-state index is 0.0227. The number of benzene rings is 1. The summed E-state index contributed by atoms with van der Waals surface area (Å²) in [5, 5.41) is 16.7. The van der Waals surface area contributed by atoms with Crippen molar-refractivity contribution < 1.29 is 27.5 Å². The zero-order chi connectivity index (χ0) is 22.2. The maximum atomic E-state index is 12.8. The van der Waals surface area contributed by atoms with Gasteiger partial charge in [-0.25, -0.2) is 9.50 Å². The fraction of sp³-hybridized carbons (Fsp3) is 0.222. The van der Waals surface area contributed by atoms with Crippen molar-refractivity contribution in [3.8, 4) is 28.7 Å². The molecule has 0 unspecified atom stereocenters. The van der Waals surface area contributed by atoms with E-state index in [4.69, 9.17) is 37.6 Å². The molecule has 1 N–H and O–H groups in total. The lowest BCUT2D eigenvalue weighted by atomic mass is 10.2. The molecule has 4 aromatic rings. The molecular weight excluding hydrogens is 462 g/mol. The topological polar surface area (TPSA) is 98.6 Å². The Morgan fingerprint density at radius 3 is 2.68 bits per heavy atom. The van der Waals surface area contributed by atoms with Gasteiger partial charge in [-0.1, -0.05) is 28.4 Å². The SMILES string of the molecule is OCCCOc1cc(Cl)c(-c2noc(-c3cn4nc(C(F)(F)F)ccc4n3)n2)cc1Cl. The molecule has 0 aliphatic rings. The van der Waals surface area contributed by atoms with Crippen LogP contribution in [0.15, 0.2) is 35.0 Å². The minimum Gasteiger partial charge on any atom is -0.492 e. The monoisotopic (exact) mass is 473 g/mol. The molecule has 31 heavy (non-hydrogen) atoms. The number of hydrogen-bond acceptors (Lipinski definition) is 7. The Bertz CT molecular complexity index is 1240. The highest BCUT2D eigenvalue weighted by Gasteiger charge is 2.33. The molecule has 13 heteroatoms. The Balaban J connectivity index is 1.63. The van der Waals surface area contributed by atoms with Gasteiger partial charge in [0, 0.05) is 24.7 Å². The van der Waals surface area contributed by atoms with Gasteiger partial charge in [0.15, 0.2) is 11.3 Å². The van der Waals surface area contributed by atoms with Gasteiger partial charge in [0.05, 0.1) is 22.8 Å². The Hall–Kier alpha value is -2.89. The second-order valence-corrected chi connectivity index (χ2v) is 7.07. The molecule has 1 aromatic carbocycles. The van der Waals surface area contributed by atoms with Crippen LogP contribution in [-0.4, -0.2) is 43.1 Å². The lowest BCUT2D eigenvalue weighted by Gasteiger charge is -2.09. The summed E-state index contributed by atoms with van der Waals surface area (Å²) in [4.78, 5) is 8.35. The number of hydrogen-bond donors (Lipinski definition) is 1. The maximum absolute atomic E-state index is 12.8. The van der Waals surface area contributed by atoms with E-state index in [0.29, 0.717) is 17.7 Å². The van der Waals surface area contributed by atoms with E-state index in [1.54, 1.807) is 0 Å². The van der Waals surface area contributed by atoms with Crippen LogP contribution in [0.4, 0.5) is 13.2 Å². The number of alkyl halides is 3. The Morgan fingerprint density at radius 2 is 1.94 bits per heavy atom. The number of aliphatic hydroxyl groups excluding tert-OH is 1. The van der Waals surface area contributed by atoms with E-state index in [2.05, 4.69) is 20.2 Å². The molecule has 0 bridgehead atoms. The first-order valence-electron chi connectivity index (χ1n) is 8.77. The van der Waals surface area contributed by atoms with Gasteiger partial charge in [0.1, 0.15) is 11.4 Å². The van der Waals surface area contributed by atoms with Crippen molar-refractivity contribution in [3.63, 3.8) is 0 Å². The number of ether oxygens (including phenoxy) is 1. The summed E-state index contributed by atoms with van der Waals surface area (Å²) in [5.41, 5.74) is -0.389. The molecule has 0 spiro atoms. The highest BCUT2D eigenvalue weighted by atomic mass is 35.5. The largest absolute Gasteiger partial charge is 0.492 e. The molecule has 0 amide bonds. The Morgan fingerprint density at radius 1 is 1.13 bits per heavy atom. The van der Waals surface area contributed by atoms with Crippen LogP contribution >= 0.6 is 23.2 Å². The van der Waals surface area contributed by atoms with Crippen LogP contribution in [0.2, 0.25) is 10.0 Å². The first kappa shape index (κ1) is 21.3. The predicted molar refractivity (Wildman–Crippen MR) is 104 cm³/mol. The smallest absolute Gasteiger partial charge is 0.435 e. The van der Waals surface area contributed by atoms with Crippen molar-refractivity contribution in [2.45, 2.75) is 12.6 Å².